The summed E-state index contributed by atoms with van der Waals surface area (Å²) < 4.78 is 19.4. The van der Waals surface area contributed by atoms with Crippen molar-refractivity contribution in [1.82, 2.24) is 0 Å². The van der Waals surface area contributed by atoms with Crippen molar-refractivity contribution in [3.05, 3.63) is 84.0 Å². The van der Waals surface area contributed by atoms with E-state index in [9.17, 15) is 4.79 Å². The van der Waals surface area contributed by atoms with Gasteiger partial charge in [-0.25, -0.2) is 4.79 Å². The lowest BCUT2D eigenvalue weighted by atomic mass is 9.94. The molecule has 1 heterocycles. The van der Waals surface area contributed by atoms with Gasteiger partial charge in [0, 0.05) is 11.5 Å². The third kappa shape index (κ3) is 7.76. The van der Waals surface area contributed by atoms with Gasteiger partial charge in [-0.15, -0.1) is 0 Å². The SMILES string of the molecule is CCCCCCC[C@@H]1C/C=C(/C)[C@H]([C@@H](C)/C=C(\C)C(=O)OC)O[Si](c2ccccc2)(c2ccccc2)O1. The van der Waals surface area contributed by atoms with E-state index >= 15 is 0 Å². The normalized spacial score (nSPS) is 22.3. The highest BCUT2D eigenvalue weighted by atomic mass is 28.4. The van der Waals surface area contributed by atoms with Gasteiger partial charge in [-0.2, -0.15) is 0 Å². The van der Waals surface area contributed by atoms with Crippen molar-refractivity contribution in [2.45, 2.75) is 84.8 Å². The number of unbranched alkanes of at least 4 members (excludes halogenated alkanes) is 4. The highest BCUT2D eigenvalue weighted by Crippen LogP contribution is 2.30. The van der Waals surface area contributed by atoms with E-state index in [1.165, 1.54) is 38.4 Å². The van der Waals surface area contributed by atoms with E-state index in [0.717, 1.165) is 29.6 Å². The number of hydrogen-bond donors (Lipinski definition) is 0. The summed E-state index contributed by atoms with van der Waals surface area (Å²) in [5.74, 6) is -0.350. The zero-order valence-electron chi connectivity index (χ0n) is 23.2. The van der Waals surface area contributed by atoms with Crippen LogP contribution in [0.1, 0.15) is 72.6 Å². The van der Waals surface area contributed by atoms with Crippen molar-refractivity contribution >= 4 is 24.9 Å². The standard InChI is InChI=1S/C32H44O4Si/c1-6-7-8-9-12-17-28-23-22-25(2)31(26(3)24-27(4)32(33)34-5)36-37(35-28,29-18-13-10-14-19-29)30-20-15-11-16-21-30/h10-11,13-16,18-22,24,26,28,31H,6-9,12,17,23H2,1-5H3/b25-22-,27-24+/t26-,28+,31+/m0/s1. The number of ether oxygens (including phenoxy) is 1. The van der Waals surface area contributed by atoms with Crippen LogP contribution in [0.2, 0.25) is 0 Å². The molecule has 0 aromatic heterocycles. The van der Waals surface area contributed by atoms with Gasteiger partial charge in [-0.3, -0.25) is 0 Å². The van der Waals surface area contributed by atoms with Gasteiger partial charge in [0.2, 0.25) is 0 Å². The molecule has 3 atom stereocenters. The van der Waals surface area contributed by atoms with E-state index in [0.29, 0.717) is 5.57 Å². The van der Waals surface area contributed by atoms with Gasteiger partial charge in [0.1, 0.15) is 0 Å². The maximum absolute atomic E-state index is 12.2. The van der Waals surface area contributed by atoms with Crippen LogP contribution < -0.4 is 10.4 Å². The van der Waals surface area contributed by atoms with E-state index in [-0.39, 0.29) is 24.1 Å². The summed E-state index contributed by atoms with van der Waals surface area (Å²) in [6.45, 7) is 8.31. The Labute approximate surface area is 225 Å². The van der Waals surface area contributed by atoms with E-state index in [2.05, 4.69) is 75.4 Å². The molecule has 0 saturated carbocycles. The first kappa shape index (κ1) is 29.1. The highest BCUT2D eigenvalue weighted by Gasteiger charge is 2.48. The lowest BCUT2D eigenvalue weighted by Gasteiger charge is -2.41. The molecule has 3 rings (SSSR count). The largest absolute Gasteiger partial charge is 0.466 e. The molecule has 2 aromatic rings. The molecular formula is C32H44O4Si. The predicted molar refractivity (Wildman–Crippen MR) is 154 cm³/mol. The molecule has 0 radical (unpaired) electrons. The summed E-state index contributed by atoms with van der Waals surface area (Å²) >= 11 is 0. The van der Waals surface area contributed by atoms with Crippen LogP contribution in [0.15, 0.2) is 84.0 Å². The second-order valence-corrected chi connectivity index (χ2v) is 13.1. The molecule has 0 saturated heterocycles. The minimum Gasteiger partial charge on any atom is -0.466 e. The Bertz CT molecular complexity index is 992. The molecule has 1 aliphatic rings. The van der Waals surface area contributed by atoms with E-state index in [1.54, 1.807) is 6.92 Å². The number of esters is 1. The molecular weight excluding hydrogens is 476 g/mol. The topological polar surface area (TPSA) is 44.8 Å². The van der Waals surface area contributed by atoms with Crippen LogP contribution in [0.3, 0.4) is 0 Å². The van der Waals surface area contributed by atoms with Crippen molar-refractivity contribution in [1.29, 1.82) is 0 Å². The molecule has 0 amide bonds. The lowest BCUT2D eigenvalue weighted by Crippen LogP contribution is -2.66. The smallest absolute Gasteiger partial charge is 0.407 e. The van der Waals surface area contributed by atoms with Gasteiger partial charge in [-0.05, 0) is 42.6 Å². The minimum atomic E-state index is -3.10. The van der Waals surface area contributed by atoms with E-state index in [1.807, 2.05) is 18.2 Å². The van der Waals surface area contributed by atoms with Crippen molar-refractivity contribution < 1.29 is 18.4 Å². The fraction of sp³-hybridized carbons (Fsp3) is 0.469. The third-order valence-corrected chi connectivity index (χ3v) is 10.7. The van der Waals surface area contributed by atoms with Crippen LogP contribution in [0, 0.1) is 5.92 Å². The zero-order valence-corrected chi connectivity index (χ0v) is 24.2. The monoisotopic (exact) mass is 520 g/mol. The second kappa shape index (κ2) is 14.5. The fourth-order valence-electron chi connectivity index (χ4n) is 5.15. The fourth-order valence-corrected chi connectivity index (χ4v) is 8.79. The van der Waals surface area contributed by atoms with Crippen LogP contribution >= 0.6 is 0 Å². The van der Waals surface area contributed by atoms with Crippen molar-refractivity contribution in [3.63, 3.8) is 0 Å². The Morgan fingerprint density at radius 1 is 1.00 bits per heavy atom. The molecule has 0 aliphatic carbocycles. The van der Waals surface area contributed by atoms with Gasteiger partial charge in [0.15, 0.2) is 0 Å². The first-order valence-corrected chi connectivity index (χ1v) is 15.6. The Balaban J connectivity index is 2.06. The van der Waals surface area contributed by atoms with Gasteiger partial charge in [-0.1, -0.05) is 119 Å². The molecule has 2 aromatic carbocycles. The number of carbonyl (C=O) groups excluding carboxylic acids is 1. The first-order chi connectivity index (χ1) is 17.9. The highest BCUT2D eigenvalue weighted by molar-refractivity contribution is 6.92. The summed E-state index contributed by atoms with van der Waals surface area (Å²) in [5.41, 5.74) is 1.77. The quantitative estimate of drug-likeness (QED) is 0.112. The Kier molecular flexibility index (Phi) is 11.4. The molecule has 0 spiro atoms. The van der Waals surface area contributed by atoms with Crippen LogP contribution in [0.4, 0.5) is 0 Å². The summed E-state index contributed by atoms with van der Waals surface area (Å²) in [4.78, 5) is 12.2. The number of methoxy groups -OCH3 is 1. The number of carbonyl (C=O) groups is 1. The Morgan fingerprint density at radius 2 is 1.59 bits per heavy atom. The Morgan fingerprint density at radius 3 is 2.16 bits per heavy atom. The summed E-state index contributed by atoms with van der Waals surface area (Å²) in [6.07, 6.45) is 12.2. The van der Waals surface area contributed by atoms with Crippen LogP contribution in [0.5, 0.6) is 0 Å². The number of hydrogen-bond acceptors (Lipinski definition) is 4. The third-order valence-electron chi connectivity index (χ3n) is 7.21. The van der Waals surface area contributed by atoms with Crippen LogP contribution in [-0.4, -0.2) is 33.8 Å². The van der Waals surface area contributed by atoms with Crippen molar-refractivity contribution in [3.8, 4) is 0 Å². The molecule has 0 unspecified atom stereocenters. The summed E-state index contributed by atoms with van der Waals surface area (Å²) in [7, 11) is -1.68. The van der Waals surface area contributed by atoms with E-state index < -0.39 is 8.56 Å². The molecule has 5 heteroatoms. The lowest BCUT2D eigenvalue weighted by molar-refractivity contribution is -0.136. The summed E-state index contributed by atoms with van der Waals surface area (Å²) in [5, 5.41) is 2.22. The maximum atomic E-state index is 12.2. The van der Waals surface area contributed by atoms with E-state index in [4.69, 9.17) is 13.6 Å². The van der Waals surface area contributed by atoms with Crippen molar-refractivity contribution in [2.75, 3.05) is 7.11 Å². The van der Waals surface area contributed by atoms with Gasteiger partial charge < -0.3 is 13.6 Å². The second-order valence-electron chi connectivity index (χ2n) is 10.2. The van der Waals surface area contributed by atoms with Gasteiger partial charge in [0.05, 0.1) is 19.3 Å². The maximum Gasteiger partial charge on any atom is 0.407 e. The van der Waals surface area contributed by atoms with Gasteiger partial charge >= 0.3 is 14.5 Å². The van der Waals surface area contributed by atoms with Gasteiger partial charge in [0.25, 0.3) is 0 Å². The molecule has 1 aliphatic heterocycles. The number of rotatable bonds is 11. The molecule has 0 fully saturated rings. The molecule has 37 heavy (non-hydrogen) atoms. The summed E-state index contributed by atoms with van der Waals surface area (Å²) in [6, 6.07) is 21.0. The minimum absolute atomic E-state index is 0.0381. The average molecular weight is 521 g/mol. The average Bonchev–Trinajstić information content (AvgIpc) is 2.92. The molecule has 0 N–H and O–H groups in total. The van der Waals surface area contributed by atoms with Crippen LogP contribution in [-0.2, 0) is 18.4 Å². The predicted octanol–water partition coefficient (Wildman–Crippen LogP) is 6.48. The zero-order chi connectivity index (χ0) is 26.7. The molecule has 0 bridgehead atoms. The van der Waals surface area contributed by atoms with Crippen molar-refractivity contribution in [2.24, 2.45) is 5.92 Å². The first-order valence-electron chi connectivity index (χ1n) is 13.8. The number of benzene rings is 2. The Hall–Kier alpha value is -2.47. The molecule has 200 valence electrons. The molecule has 4 nitrogen and oxygen atoms in total. The van der Waals surface area contributed by atoms with Crippen LogP contribution in [0.25, 0.3) is 0 Å².